The van der Waals surface area contributed by atoms with Crippen molar-refractivity contribution in [2.75, 3.05) is 13.2 Å². The fraction of sp³-hybridized carbons (Fsp3) is 0.438. The van der Waals surface area contributed by atoms with Crippen LogP contribution in [0.15, 0.2) is 28.7 Å². The molecule has 3 nitrogen and oxygen atoms in total. The van der Waals surface area contributed by atoms with E-state index >= 15 is 0 Å². The van der Waals surface area contributed by atoms with Crippen molar-refractivity contribution in [3.05, 3.63) is 29.3 Å². The molecule has 1 aliphatic carbocycles. The molecular formula is C16H19NO2S. The molecule has 0 atom stereocenters. The molecule has 3 rings (SSSR count). The van der Waals surface area contributed by atoms with E-state index in [1.165, 1.54) is 31.1 Å². The Morgan fingerprint density at radius 2 is 2.30 bits per heavy atom. The van der Waals surface area contributed by atoms with Crippen molar-refractivity contribution in [1.29, 1.82) is 0 Å². The van der Waals surface area contributed by atoms with Crippen LogP contribution in [0.1, 0.15) is 31.7 Å². The van der Waals surface area contributed by atoms with Gasteiger partial charge in [-0.1, -0.05) is 6.42 Å². The van der Waals surface area contributed by atoms with Gasteiger partial charge in [0, 0.05) is 29.2 Å². The molecule has 20 heavy (non-hydrogen) atoms. The summed E-state index contributed by atoms with van der Waals surface area (Å²) in [5.41, 5.74) is 2.24. The molecule has 0 saturated heterocycles. The molecule has 1 heterocycles. The molecule has 2 aliphatic rings. The summed E-state index contributed by atoms with van der Waals surface area (Å²) >= 11 is 1.97. The molecule has 1 aliphatic heterocycles. The number of thioether (sulfide) groups is 1. The highest BCUT2D eigenvalue weighted by atomic mass is 32.2. The van der Waals surface area contributed by atoms with Crippen molar-refractivity contribution < 1.29 is 9.53 Å². The predicted molar refractivity (Wildman–Crippen MR) is 82.1 cm³/mol. The van der Waals surface area contributed by atoms with Gasteiger partial charge in [0.2, 0.25) is 5.91 Å². The first kappa shape index (κ1) is 13.6. The summed E-state index contributed by atoms with van der Waals surface area (Å²) in [6, 6.07) is 6.40. The SMILES string of the molecule is CC(=O)NCC1=Cc2cc(SC3CCC3)ccc2OC1. The van der Waals surface area contributed by atoms with Crippen molar-refractivity contribution in [1.82, 2.24) is 5.32 Å². The molecule has 0 unspecified atom stereocenters. The first-order valence-corrected chi connectivity index (χ1v) is 7.96. The predicted octanol–water partition coefficient (Wildman–Crippen LogP) is 3.24. The van der Waals surface area contributed by atoms with Crippen LogP contribution in [0, 0.1) is 0 Å². The van der Waals surface area contributed by atoms with E-state index in [0.29, 0.717) is 13.2 Å². The standard InChI is InChI=1S/C16H19NO2S/c1-11(18)17-9-12-7-13-8-15(20-14-3-2-4-14)5-6-16(13)19-10-12/h5-8,14H,2-4,9-10H2,1H3,(H,17,18). The van der Waals surface area contributed by atoms with Gasteiger partial charge in [-0.15, -0.1) is 11.8 Å². The van der Waals surface area contributed by atoms with Gasteiger partial charge in [-0.25, -0.2) is 0 Å². The van der Waals surface area contributed by atoms with Gasteiger partial charge in [-0.2, -0.15) is 0 Å². The van der Waals surface area contributed by atoms with Crippen LogP contribution in [0.3, 0.4) is 0 Å². The maximum atomic E-state index is 11.0. The van der Waals surface area contributed by atoms with E-state index in [9.17, 15) is 4.79 Å². The summed E-state index contributed by atoms with van der Waals surface area (Å²) < 4.78 is 5.74. The minimum Gasteiger partial charge on any atom is -0.489 e. The van der Waals surface area contributed by atoms with E-state index in [0.717, 1.165) is 22.1 Å². The van der Waals surface area contributed by atoms with Gasteiger partial charge < -0.3 is 10.1 Å². The second kappa shape index (κ2) is 5.92. The Bertz CT molecular complexity index is 549. The molecule has 0 aromatic heterocycles. The number of fused-ring (bicyclic) bond motifs is 1. The Hall–Kier alpha value is -1.42. The topological polar surface area (TPSA) is 38.3 Å². The Labute approximate surface area is 123 Å². The van der Waals surface area contributed by atoms with Crippen LogP contribution in [-0.4, -0.2) is 24.3 Å². The smallest absolute Gasteiger partial charge is 0.217 e. The molecule has 1 N–H and O–H groups in total. The lowest BCUT2D eigenvalue weighted by atomic mass is 10.00. The first-order chi connectivity index (χ1) is 9.70. The third-order valence-corrected chi connectivity index (χ3v) is 5.00. The van der Waals surface area contributed by atoms with Gasteiger partial charge in [-0.05, 0) is 42.7 Å². The summed E-state index contributed by atoms with van der Waals surface area (Å²) in [5, 5.41) is 3.61. The van der Waals surface area contributed by atoms with Crippen LogP contribution in [0.25, 0.3) is 6.08 Å². The van der Waals surface area contributed by atoms with Crippen LogP contribution < -0.4 is 10.1 Å². The normalized spacial score (nSPS) is 17.6. The summed E-state index contributed by atoms with van der Waals surface area (Å²) in [4.78, 5) is 12.3. The molecule has 106 valence electrons. The van der Waals surface area contributed by atoms with Crippen LogP contribution in [-0.2, 0) is 4.79 Å². The van der Waals surface area contributed by atoms with E-state index in [2.05, 4.69) is 29.6 Å². The third-order valence-electron chi connectivity index (χ3n) is 3.67. The fourth-order valence-electron chi connectivity index (χ4n) is 2.30. The van der Waals surface area contributed by atoms with Gasteiger partial charge in [0.15, 0.2) is 0 Å². The Balaban J connectivity index is 1.72. The Morgan fingerprint density at radius 1 is 1.45 bits per heavy atom. The van der Waals surface area contributed by atoms with Gasteiger partial charge in [0.05, 0.1) is 0 Å². The number of nitrogens with one attached hydrogen (secondary N) is 1. The van der Waals surface area contributed by atoms with E-state index in [1.54, 1.807) is 0 Å². The lowest BCUT2D eigenvalue weighted by Gasteiger charge is -2.25. The van der Waals surface area contributed by atoms with E-state index in [4.69, 9.17) is 4.74 Å². The number of ether oxygens (including phenoxy) is 1. The lowest BCUT2D eigenvalue weighted by molar-refractivity contribution is -0.118. The zero-order valence-corrected chi connectivity index (χ0v) is 12.5. The van der Waals surface area contributed by atoms with Gasteiger partial charge in [0.25, 0.3) is 0 Å². The quantitative estimate of drug-likeness (QED) is 0.924. The molecule has 1 aromatic rings. The number of amides is 1. The third kappa shape index (κ3) is 3.18. The molecule has 1 saturated carbocycles. The number of carbonyl (C=O) groups is 1. The molecule has 0 bridgehead atoms. The fourth-order valence-corrected chi connectivity index (χ4v) is 3.59. The van der Waals surface area contributed by atoms with Crippen LogP contribution in [0.5, 0.6) is 5.75 Å². The molecule has 0 spiro atoms. The molecule has 1 aromatic carbocycles. The molecule has 1 amide bonds. The number of rotatable bonds is 4. The summed E-state index contributed by atoms with van der Waals surface area (Å²) in [6.07, 6.45) is 6.18. The minimum atomic E-state index is -0.00835. The van der Waals surface area contributed by atoms with E-state index in [1.807, 2.05) is 11.8 Å². The summed E-state index contributed by atoms with van der Waals surface area (Å²) in [7, 11) is 0. The zero-order chi connectivity index (χ0) is 13.9. The molecule has 1 fully saturated rings. The van der Waals surface area contributed by atoms with Crippen molar-refractivity contribution >= 4 is 23.7 Å². The van der Waals surface area contributed by atoms with E-state index in [-0.39, 0.29) is 5.91 Å². The number of benzene rings is 1. The summed E-state index contributed by atoms with van der Waals surface area (Å²) in [5.74, 6) is 0.931. The average Bonchev–Trinajstić information content (AvgIpc) is 2.40. The maximum Gasteiger partial charge on any atom is 0.217 e. The highest BCUT2D eigenvalue weighted by Crippen LogP contribution is 2.38. The summed E-state index contributed by atoms with van der Waals surface area (Å²) in [6.45, 7) is 2.66. The number of carbonyl (C=O) groups excluding carboxylic acids is 1. The molecular weight excluding hydrogens is 270 g/mol. The van der Waals surface area contributed by atoms with Crippen molar-refractivity contribution in [3.63, 3.8) is 0 Å². The Kier molecular flexibility index (Phi) is 4.01. The van der Waals surface area contributed by atoms with Crippen LogP contribution >= 0.6 is 11.8 Å². The number of hydrogen-bond acceptors (Lipinski definition) is 3. The zero-order valence-electron chi connectivity index (χ0n) is 11.6. The maximum absolute atomic E-state index is 11.0. The van der Waals surface area contributed by atoms with Gasteiger partial charge in [0.1, 0.15) is 12.4 Å². The lowest BCUT2D eigenvalue weighted by Crippen LogP contribution is -2.25. The van der Waals surface area contributed by atoms with Crippen LogP contribution in [0.2, 0.25) is 0 Å². The van der Waals surface area contributed by atoms with Crippen molar-refractivity contribution in [2.24, 2.45) is 0 Å². The first-order valence-electron chi connectivity index (χ1n) is 7.08. The highest BCUT2D eigenvalue weighted by Gasteiger charge is 2.19. The Morgan fingerprint density at radius 3 is 3.00 bits per heavy atom. The van der Waals surface area contributed by atoms with Crippen molar-refractivity contribution in [2.45, 2.75) is 36.3 Å². The minimum absolute atomic E-state index is 0.00835. The monoisotopic (exact) mass is 289 g/mol. The highest BCUT2D eigenvalue weighted by molar-refractivity contribution is 8.00. The van der Waals surface area contributed by atoms with E-state index < -0.39 is 0 Å². The van der Waals surface area contributed by atoms with Crippen molar-refractivity contribution in [3.8, 4) is 5.75 Å². The van der Waals surface area contributed by atoms with Crippen LogP contribution in [0.4, 0.5) is 0 Å². The second-order valence-electron chi connectivity index (χ2n) is 5.37. The van der Waals surface area contributed by atoms with Gasteiger partial charge >= 0.3 is 0 Å². The largest absolute Gasteiger partial charge is 0.489 e. The van der Waals surface area contributed by atoms with Gasteiger partial charge in [-0.3, -0.25) is 4.79 Å². The number of hydrogen-bond donors (Lipinski definition) is 1. The average molecular weight is 289 g/mol. The molecule has 0 radical (unpaired) electrons. The second-order valence-corrected chi connectivity index (χ2v) is 6.75. The molecule has 4 heteroatoms.